The largest absolute Gasteiger partial charge is 0.489 e. The lowest BCUT2D eigenvalue weighted by Gasteiger charge is -2.15. The van der Waals surface area contributed by atoms with Crippen molar-refractivity contribution in [1.82, 2.24) is 0 Å². The average molecular weight is 380 g/mol. The van der Waals surface area contributed by atoms with Gasteiger partial charge in [-0.2, -0.15) is 8.42 Å². The Morgan fingerprint density at radius 3 is 2.19 bits per heavy atom. The monoisotopic (exact) mass is 380 g/mol. The van der Waals surface area contributed by atoms with E-state index >= 15 is 0 Å². The van der Waals surface area contributed by atoms with E-state index in [4.69, 9.17) is 20.8 Å². The van der Waals surface area contributed by atoms with Crippen LogP contribution < -0.4 is 16.2 Å². The van der Waals surface area contributed by atoms with Gasteiger partial charge in [-0.15, -0.1) is 0 Å². The smallest absolute Gasteiger partial charge is 0.261 e. The average Bonchev–Trinajstić information content (AvgIpc) is 2.58. The van der Waals surface area contributed by atoms with Gasteiger partial charge >= 0.3 is 0 Å². The molecule has 0 heterocycles. The number of ether oxygens (including phenoxy) is 1. The second-order valence-corrected chi connectivity index (χ2v) is 7.12. The first kappa shape index (κ1) is 21.6. The van der Waals surface area contributed by atoms with Crippen molar-refractivity contribution in [3.8, 4) is 5.75 Å². The summed E-state index contributed by atoms with van der Waals surface area (Å²) in [5.74, 6) is 0.0166. The standard InChI is InChI=1S/C17H20N2O2.CH4O3S/c18-11-15(17(19)20)10-14-8-4-5-9-16(14)21-12-13-6-2-1-3-7-13;1-5(2,3)4/h1-9,15H,10-12,18H2,(H2,19,20);1H3,(H,2,3,4). The fraction of sp³-hybridized carbons (Fsp3) is 0.278. The van der Waals surface area contributed by atoms with Gasteiger partial charge in [0.05, 0.1) is 12.2 Å². The van der Waals surface area contributed by atoms with E-state index < -0.39 is 10.1 Å². The van der Waals surface area contributed by atoms with E-state index in [9.17, 15) is 13.2 Å². The molecule has 0 aliphatic carbocycles. The van der Waals surface area contributed by atoms with Crippen molar-refractivity contribution < 1.29 is 22.5 Å². The highest BCUT2D eigenvalue weighted by Gasteiger charge is 2.16. The zero-order valence-electron chi connectivity index (χ0n) is 14.5. The molecule has 8 heteroatoms. The number of rotatable bonds is 7. The maximum Gasteiger partial charge on any atom is 0.261 e. The minimum atomic E-state index is -3.67. The highest BCUT2D eigenvalue weighted by molar-refractivity contribution is 7.85. The van der Waals surface area contributed by atoms with Crippen molar-refractivity contribution in [2.75, 3.05) is 12.8 Å². The molecule has 0 aromatic heterocycles. The van der Waals surface area contributed by atoms with Crippen LogP contribution in [0.5, 0.6) is 5.75 Å². The number of carbonyl (C=O) groups excluding carboxylic acids is 1. The van der Waals surface area contributed by atoms with Crippen LogP contribution >= 0.6 is 0 Å². The fourth-order valence-electron chi connectivity index (χ4n) is 2.11. The summed E-state index contributed by atoms with van der Waals surface area (Å²) in [5, 5.41) is 0. The van der Waals surface area contributed by atoms with Crippen molar-refractivity contribution in [2.24, 2.45) is 17.4 Å². The molecule has 1 atom stereocenters. The molecule has 26 heavy (non-hydrogen) atoms. The molecule has 5 N–H and O–H groups in total. The number of hydrogen-bond donors (Lipinski definition) is 3. The topological polar surface area (TPSA) is 133 Å². The first-order valence-electron chi connectivity index (χ1n) is 7.87. The minimum absolute atomic E-state index is 0.238. The number of amides is 1. The van der Waals surface area contributed by atoms with Crippen LogP contribution in [0.4, 0.5) is 0 Å². The van der Waals surface area contributed by atoms with Crippen LogP contribution in [0.25, 0.3) is 0 Å². The predicted molar refractivity (Wildman–Crippen MR) is 100 cm³/mol. The summed E-state index contributed by atoms with van der Waals surface area (Å²) in [7, 11) is -3.67. The van der Waals surface area contributed by atoms with Gasteiger partial charge in [0.2, 0.25) is 5.91 Å². The summed E-state index contributed by atoms with van der Waals surface area (Å²) < 4.78 is 31.7. The van der Waals surface area contributed by atoms with Gasteiger partial charge in [-0.3, -0.25) is 9.35 Å². The zero-order valence-corrected chi connectivity index (χ0v) is 15.4. The molecular weight excluding hydrogens is 356 g/mol. The second-order valence-electron chi connectivity index (χ2n) is 5.65. The van der Waals surface area contributed by atoms with E-state index in [1.807, 2.05) is 54.6 Å². The molecule has 0 saturated heterocycles. The SMILES string of the molecule is CS(=O)(=O)O.NCC(Cc1ccccc1OCc1ccccc1)C(N)=O. The number of nitrogens with two attached hydrogens (primary N) is 2. The maximum absolute atomic E-state index is 11.3. The summed E-state index contributed by atoms with van der Waals surface area (Å²) in [6.45, 7) is 0.726. The number of primary amides is 1. The molecule has 0 aliphatic heterocycles. The highest BCUT2D eigenvalue weighted by atomic mass is 32.2. The normalized spacial score (nSPS) is 11.8. The number of carbonyl (C=O) groups is 1. The highest BCUT2D eigenvalue weighted by Crippen LogP contribution is 2.22. The summed E-state index contributed by atoms with van der Waals surface area (Å²) in [6, 6.07) is 17.6. The van der Waals surface area contributed by atoms with Gasteiger partial charge in [-0.05, 0) is 23.6 Å². The van der Waals surface area contributed by atoms with Gasteiger partial charge < -0.3 is 16.2 Å². The summed E-state index contributed by atoms with van der Waals surface area (Å²) in [5.41, 5.74) is 13.0. The van der Waals surface area contributed by atoms with E-state index in [1.54, 1.807) is 0 Å². The molecule has 1 amide bonds. The van der Waals surface area contributed by atoms with Gasteiger partial charge in [-0.1, -0.05) is 48.5 Å². The molecule has 142 valence electrons. The van der Waals surface area contributed by atoms with Crippen LogP contribution in [0, 0.1) is 5.92 Å². The third-order valence-corrected chi connectivity index (χ3v) is 3.36. The Bertz CT molecular complexity index is 786. The zero-order chi connectivity index (χ0) is 19.6. The van der Waals surface area contributed by atoms with E-state index in [0.29, 0.717) is 19.3 Å². The van der Waals surface area contributed by atoms with Gasteiger partial charge in [0.1, 0.15) is 12.4 Å². The number of benzene rings is 2. The van der Waals surface area contributed by atoms with Crippen molar-refractivity contribution in [2.45, 2.75) is 13.0 Å². The molecule has 2 aromatic rings. The van der Waals surface area contributed by atoms with Crippen LogP contribution in [-0.4, -0.2) is 31.7 Å². The lowest BCUT2D eigenvalue weighted by Crippen LogP contribution is -2.31. The van der Waals surface area contributed by atoms with E-state index in [2.05, 4.69) is 0 Å². The number of para-hydroxylation sites is 1. The molecule has 7 nitrogen and oxygen atoms in total. The Balaban J connectivity index is 0.000000597. The fourth-order valence-corrected chi connectivity index (χ4v) is 2.11. The lowest BCUT2D eigenvalue weighted by atomic mass is 9.98. The molecule has 0 saturated carbocycles. The Hall–Kier alpha value is -2.42. The van der Waals surface area contributed by atoms with Crippen molar-refractivity contribution >= 4 is 16.0 Å². The van der Waals surface area contributed by atoms with Crippen LogP contribution in [0.15, 0.2) is 54.6 Å². The van der Waals surface area contributed by atoms with Crippen LogP contribution in [0.2, 0.25) is 0 Å². The second kappa shape index (κ2) is 10.5. The third-order valence-electron chi connectivity index (χ3n) is 3.36. The first-order chi connectivity index (χ1) is 12.2. The minimum Gasteiger partial charge on any atom is -0.489 e. The summed E-state index contributed by atoms with van der Waals surface area (Å²) in [6.07, 6.45) is 1.21. The van der Waals surface area contributed by atoms with Crippen LogP contribution in [0.1, 0.15) is 11.1 Å². The van der Waals surface area contributed by atoms with Gasteiger partial charge in [0.25, 0.3) is 10.1 Å². The van der Waals surface area contributed by atoms with Gasteiger partial charge in [0.15, 0.2) is 0 Å². The van der Waals surface area contributed by atoms with E-state index in [1.165, 1.54) is 0 Å². The van der Waals surface area contributed by atoms with Crippen LogP contribution in [0.3, 0.4) is 0 Å². The van der Waals surface area contributed by atoms with Crippen molar-refractivity contribution in [3.63, 3.8) is 0 Å². The third kappa shape index (κ3) is 9.16. The number of hydrogen-bond acceptors (Lipinski definition) is 5. The molecule has 1 unspecified atom stereocenters. The maximum atomic E-state index is 11.3. The van der Waals surface area contributed by atoms with Crippen molar-refractivity contribution in [1.29, 1.82) is 0 Å². The molecule has 0 bridgehead atoms. The summed E-state index contributed by atoms with van der Waals surface area (Å²) >= 11 is 0. The first-order valence-corrected chi connectivity index (χ1v) is 9.72. The van der Waals surface area contributed by atoms with Gasteiger partial charge in [-0.25, -0.2) is 0 Å². The van der Waals surface area contributed by atoms with Crippen molar-refractivity contribution in [3.05, 3.63) is 65.7 Å². The quantitative estimate of drug-likeness (QED) is 0.621. The Labute approximate surface area is 153 Å². The Kier molecular flexibility index (Phi) is 8.77. The molecule has 2 rings (SSSR count). The van der Waals surface area contributed by atoms with Gasteiger partial charge in [0, 0.05) is 6.54 Å². The summed E-state index contributed by atoms with van der Waals surface area (Å²) in [4.78, 5) is 11.3. The van der Waals surface area contributed by atoms with E-state index in [-0.39, 0.29) is 18.4 Å². The molecule has 0 aliphatic rings. The molecule has 2 aromatic carbocycles. The van der Waals surface area contributed by atoms with Crippen LogP contribution in [-0.2, 0) is 27.9 Å². The molecule has 0 fully saturated rings. The van der Waals surface area contributed by atoms with E-state index in [0.717, 1.165) is 16.9 Å². The molecular formula is C18H24N2O5S. The Morgan fingerprint density at radius 1 is 1.12 bits per heavy atom. The lowest BCUT2D eigenvalue weighted by molar-refractivity contribution is -0.121. The molecule has 0 radical (unpaired) electrons. The Morgan fingerprint density at radius 2 is 1.65 bits per heavy atom. The molecule has 0 spiro atoms. The predicted octanol–water partition coefficient (Wildman–Crippen LogP) is 1.37.